The number of alkyl carbamates (subject to hydrolysis) is 1. The summed E-state index contributed by atoms with van der Waals surface area (Å²) < 4.78 is 16.2. The molecule has 1 N–H and O–H groups in total. The Morgan fingerprint density at radius 1 is 1.39 bits per heavy atom. The summed E-state index contributed by atoms with van der Waals surface area (Å²) in [6.07, 6.45) is 0.371. The molecule has 0 saturated carbocycles. The van der Waals surface area contributed by atoms with Crippen LogP contribution in [0.5, 0.6) is 0 Å². The van der Waals surface area contributed by atoms with Crippen LogP contribution >= 0.6 is 0 Å². The minimum Gasteiger partial charge on any atom is -0.444 e. The van der Waals surface area contributed by atoms with Crippen molar-refractivity contribution in [2.75, 3.05) is 19.8 Å². The summed E-state index contributed by atoms with van der Waals surface area (Å²) in [6, 6.07) is 0. The van der Waals surface area contributed by atoms with Gasteiger partial charge in [0.2, 0.25) is 0 Å². The molecule has 106 valence electrons. The van der Waals surface area contributed by atoms with Gasteiger partial charge in [0.25, 0.3) is 0 Å². The second-order valence-corrected chi connectivity index (χ2v) is 6.02. The van der Waals surface area contributed by atoms with Gasteiger partial charge in [-0.1, -0.05) is 6.92 Å². The Hall–Kier alpha value is -0.810. The lowest BCUT2D eigenvalue weighted by molar-refractivity contribution is -0.153. The van der Waals surface area contributed by atoms with Crippen molar-refractivity contribution in [3.05, 3.63) is 0 Å². The second kappa shape index (κ2) is 5.89. The van der Waals surface area contributed by atoms with E-state index in [2.05, 4.69) is 5.32 Å². The molecule has 1 saturated heterocycles. The predicted molar refractivity (Wildman–Crippen MR) is 68.3 cm³/mol. The van der Waals surface area contributed by atoms with Gasteiger partial charge in [0.15, 0.2) is 5.79 Å². The fourth-order valence-corrected chi connectivity index (χ4v) is 1.95. The predicted octanol–water partition coefficient (Wildman–Crippen LogP) is 2.30. The Kier molecular flexibility index (Phi) is 4.99. The number of hydrogen-bond donors (Lipinski definition) is 1. The molecule has 1 aliphatic rings. The maximum atomic E-state index is 11.5. The van der Waals surface area contributed by atoms with Gasteiger partial charge < -0.3 is 19.5 Å². The molecule has 0 aliphatic carbocycles. The van der Waals surface area contributed by atoms with E-state index in [4.69, 9.17) is 14.2 Å². The summed E-state index contributed by atoms with van der Waals surface area (Å²) in [5, 5.41) is 2.76. The van der Waals surface area contributed by atoms with Crippen LogP contribution in [-0.4, -0.2) is 37.2 Å². The van der Waals surface area contributed by atoms with Crippen LogP contribution in [-0.2, 0) is 14.2 Å². The zero-order valence-electron chi connectivity index (χ0n) is 12.0. The minimum atomic E-state index is -0.505. The Balaban J connectivity index is 2.24. The number of carbonyl (C=O) groups excluding carboxylic acids is 1. The molecular formula is C13H25NO4. The maximum Gasteiger partial charge on any atom is 0.407 e. The molecule has 1 fully saturated rings. The van der Waals surface area contributed by atoms with Gasteiger partial charge in [-0.25, -0.2) is 4.79 Å². The molecule has 0 aromatic rings. The molecule has 0 aromatic carbocycles. The van der Waals surface area contributed by atoms with E-state index in [1.165, 1.54) is 0 Å². The van der Waals surface area contributed by atoms with Crippen LogP contribution in [0, 0.1) is 5.92 Å². The average molecular weight is 259 g/mol. The van der Waals surface area contributed by atoms with Gasteiger partial charge in [0.1, 0.15) is 5.60 Å². The molecule has 1 aliphatic heterocycles. The highest BCUT2D eigenvalue weighted by molar-refractivity contribution is 5.67. The van der Waals surface area contributed by atoms with Gasteiger partial charge in [-0.3, -0.25) is 0 Å². The lowest BCUT2D eigenvalue weighted by atomic mass is 10.0. The highest BCUT2D eigenvalue weighted by atomic mass is 16.7. The summed E-state index contributed by atoms with van der Waals surface area (Å²) in [4.78, 5) is 11.5. The normalized spacial score (nSPS) is 20.5. The van der Waals surface area contributed by atoms with E-state index in [1.54, 1.807) is 0 Å². The Bertz CT molecular complexity index is 279. The minimum absolute atomic E-state index is 0.264. The molecule has 1 amide bonds. The van der Waals surface area contributed by atoms with Crippen molar-refractivity contribution in [2.24, 2.45) is 5.92 Å². The standard InChI is InChI=1S/C13H25NO4/c1-10(8-13(5)16-6-7-17-13)9-14-11(15)18-12(2,3)4/h10H,6-9H2,1-5H3,(H,14,15)/t10-/m0/s1. The number of rotatable bonds is 4. The van der Waals surface area contributed by atoms with Gasteiger partial charge in [-0.15, -0.1) is 0 Å². The van der Waals surface area contributed by atoms with Gasteiger partial charge >= 0.3 is 6.09 Å². The average Bonchev–Trinajstić information content (AvgIpc) is 2.59. The molecule has 5 heteroatoms. The summed E-state index contributed by atoms with van der Waals surface area (Å²) in [7, 11) is 0. The third kappa shape index (κ3) is 5.69. The van der Waals surface area contributed by atoms with Crippen molar-refractivity contribution in [1.29, 1.82) is 0 Å². The third-order valence-corrected chi connectivity index (χ3v) is 2.61. The van der Waals surface area contributed by atoms with Crippen LogP contribution in [0.15, 0.2) is 0 Å². The molecule has 0 spiro atoms. The van der Waals surface area contributed by atoms with Crippen LogP contribution in [0.2, 0.25) is 0 Å². The zero-order valence-corrected chi connectivity index (χ0v) is 12.0. The van der Waals surface area contributed by atoms with Crippen molar-refractivity contribution in [1.82, 2.24) is 5.32 Å². The van der Waals surface area contributed by atoms with Gasteiger partial charge in [0.05, 0.1) is 13.2 Å². The zero-order chi connectivity index (χ0) is 13.8. The fourth-order valence-electron chi connectivity index (χ4n) is 1.95. The van der Waals surface area contributed by atoms with E-state index in [9.17, 15) is 4.79 Å². The van der Waals surface area contributed by atoms with E-state index < -0.39 is 11.4 Å². The van der Waals surface area contributed by atoms with Gasteiger partial charge in [-0.2, -0.15) is 0 Å². The van der Waals surface area contributed by atoms with Crippen LogP contribution in [0.4, 0.5) is 4.79 Å². The fraction of sp³-hybridized carbons (Fsp3) is 0.923. The molecule has 1 heterocycles. The number of amides is 1. The lowest BCUT2D eigenvalue weighted by Crippen LogP contribution is -2.37. The number of nitrogens with one attached hydrogen (secondary N) is 1. The van der Waals surface area contributed by atoms with E-state index in [1.807, 2.05) is 34.6 Å². The molecule has 18 heavy (non-hydrogen) atoms. The van der Waals surface area contributed by atoms with Crippen molar-refractivity contribution >= 4 is 6.09 Å². The van der Waals surface area contributed by atoms with Crippen molar-refractivity contribution in [3.63, 3.8) is 0 Å². The monoisotopic (exact) mass is 259 g/mol. The van der Waals surface area contributed by atoms with Gasteiger partial charge in [-0.05, 0) is 33.6 Å². The maximum absolute atomic E-state index is 11.5. The Morgan fingerprint density at radius 3 is 2.44 bits per heavy atom. The number of hydrogen-bond acceptors (Lipinski definition) is 4. The smallest absolute Gasteiger partial charge is 0.407 e. The Labute approximate surface area is 109 Å². The molecule has 1 rings (SSSR count). The molecule has 0 radical (unpaired) electrons. The molecule has 0 bridgehead atoms. The van der Waals surface area contributed by atoms with Crippen molar-refractivity contribution in [2.45, 2.75) is 52.4 Å². The number of ether oxygens (including phenoxy) is 3. The molecule has 1 atom stereocenters. The Morgan fingerprint density at radius 2 is 1.94 bits per heavy atom. The first-order chi connectivity index (χ1) is 8.20. The van der Waals surface area contributed by atoms with E-state index in [-0.39, 0.29) is 12.0 Å². The summed E-state index contributed by atoms with van der Waals surface area (Å²) in [5.41, 5.74) is -0.461. The quantitative estimate of drug-likeness (QED) is 0.841. The molecular weight excluding hydrogens is 234 g/mol. The van der Waals surface area contributed by atoms with Crippen LogP contribution in [0.25, 0.3) is 0 Å². The third-order valence-electron chi connectivity index (χ3n) is 2.61. The topological polar surface area (TPSA) is 56.8 Å². The SMILES string of the molecule is C[C@H](CNC(=O)OC(C)(C)C)CC1(C)OCCO1. The molecule has 5 nitrogen and oxygen atoms in total. The summed E-state index contributed by atoms with van der Waals surface area (Å²) in [5.74, 6) is -0.240. The highest BCUT2D eigenvalue weighted by Crippen LogP contribution is 2.26. The molecule has 0 unspecified atom stereocenters. The largest absolute Gasteiger partial charge is 0.444 e. The molecule has 0 aromatic heterocycles. The van der Waals surface area contributed by atoms with Crippen LogP contribution in [0.1, 0.15) is 41.0 Å². The summed E-state index contributed by atoms with van der Waals surface area (Å²) >= 11 is 0. The first-order valence-electron chi connectivity index (χ1n) is 6.45. The van der Waals surface area contributed by atoms with E-state index in [0.29, 0.717) is 19.8 Å². The second-order valence-electron chi connectivity index (χ2n) is 6.02. The van der Waals surface area contributed by atoms with Crippen molar-refractivity contribution in [3.8, 4) is 0 Å². The van der Waals surface area contributed by atoms with Crippen LogP contribution < -0.4 is 5.32 Å². The van der Waals surface area contributed by atoms with Crippen LogP contribution in [0.3, 0.4) is 0 Å². The van der Waals surface area contributed by atoms with Crippen molar-refractivity contribution < 1.29 is 19.0 Å². The number of carbonyl (C=O) groups is 1. The highest BCUT2D eigenvalue weighted by Gasteiger charge is 2.32. The van der Waals surface area contributed by atoms with Gasteiger partial charge in [0, 0.05) is 13.0 Å². The lowest BCUT2D eigenvalue weighted by Gasteiger charge is -2.26. The first-order valence-corrected chi connectivity index (χ1v) is 6.45. The van der Waals surface area contributed by atoms with E-state index >= 15 is 0 Å². The first kappa shape index (κ1) is 15.2. The van der Waals surface area contributed by atoms with E-state index in [0.717, 1.165) is 6.42 Å². The summed E-state index contributed by atoms with van der Waals surface area (Å²) in [6.45, 7) is 11.4.